The van der Waals surface area contributed by atoms with E-state index in [1.54, 1.807) is 0 Å². The van der Waals surface area contributed by atoms with Crippen LogP contribution in [-0.4, -0.2) is 61.5 Å². The van der Waals surface area contributed by atoms with E-state index in [9.17, 15) is 9.59 Å². The van der Waals surface area contributed by atoms with Crippen LogP contribution in [0.5, 0.6) is 0 Å². The van der Waals surface area contributed by atoms with E-state index in [1.165, 1.54) is 0 Å². The summed E-state index contributed by atoms with van der Waals surface area (Å²) in [7, 11) is 1.91. The van der Waals surface area contributed by atoms with Crippen molar-refractivity contribution < 1.29 is 14.3 Å². The molecule has 27 heavy (non-hydrogen) atoms. The van der Waals surface area contributed by atoms with Crippen molar-refractivity contribution in [2.75, 3.05) is 39.9 Å². The van der Waals surface area contributed by atoms with Crippen molar-refractivity contribution >= 4 is 11.8 Å². The van der Waals surface area contributed by atoms with E-state index in [2.05, 4.69) is 19.1 Å². The van der Waals surface area contributed by atoms with Gasteiger partial charge in [-0.2, -0.15) is 0 Å². The molecule has 2 amide bonds. The minimum atomic E-state index is -0.0652. The van der Waals surface area contributed by atoms with Crippen LogP contribution in [0.2, 0.25) is 0 Å². The Bertz CT molecular complexity index is 638. The van der Waals surface area contributed by atoms with Crippen LogP contribution in [0.1, 0.15) is 50.5 Å². The molecular formula is C22H32N2O3. The zero-order chi connectivity index (χ0) is 19.3. The number of nitrogens with zero attached hydrogens (tertiary/aromatic N) is 2. The molecule has 5 heteroatoms. The third-order valence-corrected chi connectivity index (χ3v) is 6.13. The van der Waals surface area contributed by atoms with Gasteiger partial charge in [0, 0.05) is 33.3 Å². The van der Waals surface area contributed by atoms with Gasteiger partial charge in [0.25, 0.3) is 0 Å². The maximum atomic E-state index is 12.7. The van der Waals surface area contributed by atoms with Crippen LogP contribution in [0.25, 0.3) is 0 Å². The number of ether oxygens (including phenoxy) is 1. The Hall–Kier alpha value is -1.88. The van der Waals surface area contributed by atoms with Crippen LogP contribution in [0.4, 0.5) is 0 Å². The highest BCUT2D eigenvalue weighted by atomic mass is 16.5. The summed E-state index contributed by atoms with van der Waals surface area (Å²) in [5.41, 5.74) is 1.22. The second-order valence-electron chi connectivity index (χ2n) is 8.15. The lowest BCUT2D eigenvalue weighted by atomic mass is 9.67. The van der Waals surface area contributed by atoms with E-state index in [1.807, 2.05) is 35.0 Å². The molecule has 0 aromatic heterocycles. The molecule has 1 aromatic rings. The topological polar surface area (TPSA) is 49.9 Å². The zero-order valence-electron chi connectivity index (χ0n) is 16.7. The molecule has 1 atom stereocenters. The minimum absolute atomic E-state index is 0.0652. The van der Waals surface area contributed by atoms with Gasteiger partial charge < -0.3 is 14.5 Å². The van der Waals surface area contributed by atoms with Crippen LogP contribution < -0.4 is 0 Å². The number of carbonyl (C=O) groups is 2. The lowest BCUT2D eigenvalue weighted by Crippen LogP contribution is -2.53. The van der Waals surface area contributed by atoms with Gasteiger partial charge in [-0.25, -0.2) is 0 Å². The zero-order valence-corrected chi connectivity index (χ0v) is 16.7. The highest BCUT2D eigenvalue weighted by molar-refractivity contribution is 5.84. The molecule has 148 valence electrons. The lowest BCUT2D eigenvalue weighted by Gasteiger charge is -2.49. The van der Waals surface area contributed by atoms with E-state index in [0.717, 1.165) is 57.3 Å². The molecule has 1 spiro atoms. The number of likely N-dealkylation sites (N-methyl/N-ethyl adjacent to an activating group) is 1. The summed E-state index contributed by atoms with van der Waals surface area (Å²) in [4.78, 5) is 28.9. The molecule has 3 rings (SSSR count). The molecule has 2 fully saturated rings. The Morgan fingerprint density at radius 2 is 1.93 bits per heavy atom. The van der Waals surface area contributed by atoms with Crippen molar-refractivity contribution in [3.63, 3.8) is 0 Å². The summed E-state index contributed by atoms with van der Waals surface area (Å²) in [6.45, 7) is 5.29. The molecule has 2 aliphatic rings. The Kier molecular flexibility index (Phi) is 6.53. The first-order valence-corrected chi connectivity index (χ1v) is 10.2. The van der Waals surface area contributed by atoms with Gasteiger partial charge in [-0.3, -0.25) is 9.59 Å². The van der Waals surface area contributed by atoms with Crippen molar-refractivity contribution in [3.05, 3.63) is 35.9 Å². The first-order chi connectivity index (χ1) is 13.0. The first kappa shape index (κ1) is 19.9. The Labute approximate surface area is 162 Å². The summed E-state index contributed by atoms with van der Waals surface area (Å²) >= 11 is 0. The molecule has 0 unspecified atom stereocenters. The summed E-state index contributed by atoms with van der Waals surface area (Å²) in [6, 6.07) is 10.1. The van der Waals surface area contributed by atoms with E-state index in [4.69, 9.17) is 4.74 Å². The lowest BCUT2D eigenvalue weighted by molar-refractivity contribution is -0.144. The highest BCUT2D eigenvalue weighted by Crippen LogP contribution is 2.45. The number of carbonyl (C=O) groups excluding carboxylic acids is 2. The Morgan fingerprint density at radius 3 is 2.59 bits per heavy atom. The second kappa shape index (κ2) is 8.87. The molecule has 0 bridgehead atoms. The third kappa shape index (κ3) is 4.70. The maximum absolute atomic E-state index is 12.7. The summed E-state index contributed by atoms with van der Waals surface area (Å²) < 4.78 is 5.49. The van der Waals surface area contributed by atoms with E-state index in [0.29, 0.717) is 6.61 Å². The molecule has 0 saturated carbocycles. The molecule has 1 aromatic carbocycles. The predicted octanol–water partition coefficient (Wildman–Crippen LogP) is 3.06. The van der Waals surface area contributed by atoms with Gasteiger partial charge in [0.2, 0.25) is 11.8 Å². The number of unbranched alkanes of at least 4 members (excludes halogenated alkanes) is 1. The van der Waals surface area contributed by atoms with Crippen molar-refractivity contribution in [1.29, 1.82) is 0 Å². The van der Waals surface area contributed by atoms with E-state index >= 15 is 0 Å². The first-order valence-electron chi connectivity index (χ1n) is 10.2. The number of hydrogen-bond donors (Lipinski definition) is 0. The number of benzene rings is 1. The normalized spacial score (nSPS) is 22.3. The number of rotatable bonds is 6. The average molecular weight is 373 g/mol. The molecule has 5 nitrogen and oxygen atoms in total. The fourth-order valence-electron chi connectivity index (χ4n) is 4.47. The summed E-state index contributed by atoms with van der Waals surface area (Å²) in [6.07, 6.45) is 4.87. The van der Waals surface area contributed by atoms with Crippen molar-refractivity contribution in [1.82, 2.24) is 9.80 Å². The van der Waals surface area contributed by atoms with Crippen molar-refractivity contribution in [2.45, 2.75) is 44.9 Å². The van der Waals surface area contributed by atoms with Gasteiger partial charge in [0.15, 0.2) is 0 Å². The fraction of sp³-hybridized carbons (Fsp3) is 0.636. The molecule has 2 aliphatic heterocycles. The highest BCUT2D eigenvalue weighted by Gasteiger charge is 2.45. The fourth-order valence-corrected chi connectivity index (χ4v) is 4.47. The average Bonchev–Trinajstić information content (AvgIpc) is 2.69. The minimum Gasteiger partial charge on any atom is -0.372 e. The van der Waals surface area contributed by atoms with Gasteiger partial charge in [-0.1, -0.05) is 43.7 Å². The molecule has 0 N–H and O–H groups in total. The summed E-state index contributed by atoms with van der Waals surface area (Å²) in [5, 5.41) is 0. The molecule has 0 radical (unpaired) electrons. The predicted molar refractivity (Wildman–Crippen MR) is 105 cm³/mol. The van der Waals surface area contributed by atoms with Gasteiger partial charge >= 0.3 is 0 Å². The Morgan fingerprint density at radius 1 is 1.22 bits per heavy atom. The summed E-state index contributed by atoms with van der Waals surface area (Å²) in [5.74, 6) is 0.250. The van der Waals surface area contributed by atoms with Gasteiger partial charge in [0.05, 0.1) is 5.92 Å². The third-order valence-electron chi connectivity index (χ3n) is 6.13. The largest absolute Gasteiger partial charge is 0.372 e. The van der Waals surface area contributed by atoms with Crippen LogP contribution in [0.3, 0.4) is 0 Å². The number of amides is 2. The SMILES string of the molecule is CCCCOCC(=O)N1CCC2(CC1)C[C@@H](c1ccccc1)C(=O)N(C)C2. The molecule has 2 heterocycles. The van der Waals surface area contributed by atoms with Crippen LogP contribution >= 0.6 is 0 Å². The molecule has 2 saturated heterocycles. The van der Waals surface area contributed by atoms with E-state index < -0.39 is 0 Å². The van der Waals surface area contributed by atoms with Crippen molar-refractivity contribution in [2.24, 2.45) is 5.41 Å². The number of hydrogen-bond acceptors (Lipinski definition) is 3. The monoisotopic (exact) mass is 372 g/mol. The quantitative estimate of drug-likeness (QED) is 0.721. The van der Waals surface area contributed by atoms with Crippen LogP contribution in [-0.2, 0) is 14.3 Å². The van der Waals surface area contributed by atoms with Gasteiger partial charge in [-0.15, -0.1) is 0 Å². The second-order valence-corrected chi connectivity index (χ2v) is 8.15. The standard InChI is InChI=1S/C22H32N2O3/c1-3-4-14-27-16-20(25)24-12-10-22(11-13-24)15-19(21(26)23(2)17-22)18-8-6-5-7-9-18/h5-9,19H,3-4,10-17H2,1-2H3/t19-/m0/s1. The van der Waals surface area contributed by atoms with Gasteiger partial charge in [-0.05, 0) is 36.7 Å². The van der Waals surface area contributed by atoms with Gasteiger partial charge in [0.1, 0.15) is 6.61 Å². The van der Waals surface area contributed by atoms with Crippen LogP contribution in [0, 0.1) is 5.41 Å². The smallest absolute Gasteiger partial charge is 0.248 e. The maximum Gasteiger partial charge on any atom is 0.248 e. The Balaban J connectivity index is 1.59. The number of likely N-dealkylation sites (tertiary alicyclic amines) is 2. The number of piperidine rings is 2. The van der Waals surface area contributed by atoms with Crippen LogP contribution in [0.15, 0.2) is 30.3 Å². The van der Waals surface area contributed by atoms with E-state index in [-0.39, 0.29) is 29.8 Å². The molecular weight excluding hydrogens is 340 g/mol. The molecule has 0 aliphatic carbocycles. The van der Waals surface area contributed by atoms with Crippen molar-refractivity contribution in [3.8, 4) is 0 Å².